The number of phenolic OH excluding ortho intramolecular Hbond substituents is 1. The van der Waals surface area contributed by atoms with Gasteiger partial charge in [-0.05, 0) is 66.2 Å². The first-order valence-corrected chi connectivity index (χ1v) is 15.3. The van der Waals surface area contributed by atoms with Crippen LogP contribution < -0.4 is 0 Å². The molecule has 0 radical (unpaired) electrons. The van der Waals surface area contributed by atoms with Crippen molar-refractivity contribution in [2.45, 2.75) is 75.3 Å². The van der Waals surface area contributed by atoms with Crippen LogP contribution in [0, 0.1) is 17.8 Å². The van der Waals surface area contributed by atoms with Gasteiger partial charge >= 0.3 is 5.97 Å². The lowest BCUT2D eigenvalue weighted by molar-refractivity contribution is -0.421. The van der Waals surface area contributed by atoms with E-state index in [1.807, 2.05) is 49.4 Å². The maximum atomic E-state index is 13.7. The van der Waals surface area contributed by atoms with Crippen LogP contribution in [0.4, 0.5) is 0 Å². The summed E-state index contributed by atoms with van der Waals surface area (Å²) in [4.78, 5) is 26.6. The van der Waals surface area contributed by atoms with E-state index in [0.29, 0.717) is 29.6 Å². The Morgan fingerprint density at radius 1 is 1.07 bits per heavy atom. The minimum atomic E-state index is -1.78. The largest absolute Gasteiger partial charge is 0.508 e. The Bertz CT molecular complexity index is 1590. The number of ketones is 1. The van der Waals surface area contributed by atoms with Gasteiger partial charge in [0.2, 0.25) is 0 Å². The lowest BCUT2D eigenvalue weighted by Crippen LogP contribution is -2.70. The number of aromatic hydroxyl groups is 1. The fourth-order valence-electron chi connectivity index (χ4n) is 8.49. The molecule has 8 atom stereocenters. The van der Waals surface area contributed by atoms with Crippen LogP contribution in [0.25, 0.3) is 0 Å². The number of hydrogen-bond acceptors (Lipinski definition) is 8. The van der Waals surface area contributed by atoms with Gasteiger partial charge in [-0.1, -0.05) is 68.1 Å². The van der Waals surface area contributed by atoms with Gasteiger partial charge in [-0.3, -0.25) is 9.59 Å². The number of carbonyl (C=O) groups excluding carboxylic acids is 2. The smallest absolute Gasteiger partial charge is 0.310 e. The third kappa shape index (κ3) is 4.19. The van der Waals surface area contributed by atoms with Crippen molar-refractivity contribution in [3.63, 3.8) is 0 Å². The molecule has 0 amide bonds. The van der Waals surface area contributed by atoms with Crippen LogP contribution in [0.3, 0.4) is 0 Å². The molecular formula is C36H38O8. The van der Waals surface area contributed by atoms with E-state index in [9.17, 15) is 19.8 Å². The van der Waals surface area contributed by atoms with Crippen molar-refractivity contribution in [1.82, 2.24) is 0 Å². The van der Waals surface area contributed by atoms with Gasteiger partial charge < -0.3 is 29.2 Å². The molecule has 8 nitrogen and oxygen atoms in total. The minimum Gasteiger partial charge on any atom is -0.508 e. The lowest BCUT2D eigenvalue weighted by Gasteiger charge is -2.59. The van der Waals surface area contributed by atoms with Gasteiger partial charge in [0.05, 0.1) is 18.4 Å². The van der Waals surface area contributed by atoms with E-state index in [1.54, 1.807) is 19.1 Å². The van der Waals surface area contributed by atoms with Crippen molar-refractivity contribution in [2.24, 2.45) is 17.8 Å². The van der Waals surface area contributed by atoms with Gasteiger partial charge in [0.25, 0.3) is 5.97 Å². The first-order chi connectivity index (χ1) is 20.9. The molecular weight excluding hydrogens is 560 g/mol. The number of carbonyl (C=O) groups is 2. The maximum Gasteiger partial charge on any atom is 0.310 e. The van der Waals surface area contributed by atoms with Crippen LogP contribution in [0.5, 0.6) is 5.75 Å². The first-order valence-electron chi connectivity index (χ1n) is 15.3. The van der Waals surface area contributed by atoms with Gasteiger partial charge in [0.1, 0.15) is 29.7 Å². The molecule has 44 heavy (non-hydrogen) atoms. The average molecular weight is 599 g/mol. The molecule has 2 saturated heterocycles. The lowest BCUT2D eigenvalue weighted by atomic mass is 9.55. The third-order valence-corrected chi connectivity index (χ3v) is 10.4. The van der Waals surface area contributed by atoms with Gasteiger partial charge in [-0.25, -0.2) is 0 Å². The topological polar surface area (TPSA) is 112 Å². The Morgan fingerprint density at radius 2 is 1.80 bits per heavy atom. The molecule has 2 aromatic carbocycles. The zero-order valence-electron chi connectivity index (χ0n) is 25.2. The van der Waals surface area contributed by atoms with Crippen LogP contribution in [-0.4, -0.2) is 57.5 Å². The summed E-state index contributed by atoms with van der Waals surface area (Å²) in [6.07, 6.45) is 4.28. The summed E-state index contributed by atoms with van der Waals surface area (Å²) in [6, 6.07) is 16.2. The number of phenols is 1. The number of hydrogen-bond donors (Lipinski definition) is 2. The molecule has 3 aliphatic carbocycles. The Morgan fingerprint density at radius 3 is 2.50 bits per heavy atom. The highest BCUT2D eigenvalue weighted by atomic mass is 16.9. The van der Waals surface area contributed by atoms with Crippen molar-refractivity contribution >= 4 is 11.8 Å². The molecule has 2 heterocycles. The molecule has 0 spiro atoms. The molecule has 1 saturated carbocycles. The monoisotopic (exact) mass is 598 g/mol. The Labute approximate surface area is 257 Å². The fourth-order valence-corrected chi connectivity index (χ4v) is 8.49. The van der Waals surface area contributed by atoms with E-state index in [1.165, 1.54) is 12.1 Å². The number of benzene rings is 2. The highest BCUT2D eigenvalue weighted by Gasteiger charge is 2.79. The number of rotatable bonds is 7. The Balaban J connectivity index is 1.29. The quantitative estimate of drug-likeness (QED) is 0.348. The van der Waals surface area contributed by atoms with E-state index in [0.717, 1.165) is 11.1 Å². The molecule has 2 aromatic rings. The Kier molecular flexibility index (Phi) is 6.61. The number of esters is 1. The maximum absolute atomic E-state index is 13.7. The molecule has 0 aromatic heterocycles. The second-order valence-corrected chi connectivity index (χ2v) is 13.3. The summed E-state index contributed by atoms with van der Waals surface area (Å²) >= 11 is 0. The summed E-state index contributed by atoms with van der Waals surface area (Å²) < 4.78 is 26.5. The fraction of sp³-hybridized carbons (Fsp3) is 0.444. The highest BCUT2D eigenvalue weighted by Crippen LogP contribution is 2.68. The number of fused-ring (bicyclic) bond motifs is 2. The predicted octanol–water partition coefficient (Wildman–Crippen LogP) is 4.74. The predicted molar refractivity (Wildman–Crippen MR) is 160 cm³/mol. The molecule has 2 aliphatic heterocycles. The molecule has 5 aliphatic rings. The van der Waals surface area contributed by atoms with E-state index in [-0.39, 0.29) is 36.9 Å². The normalized spacial score (nSPS) is 38.3. The van der Waals surface area contributed by atoms with Crippen LogP contribution >= 0.6 is 0 Å². The number of Topliss-reactive ketones (excluding diaryl/α,β-unsaturated/α-hetero) is 1. The molecule has 8 heteroatoms. The molecule has 3 bridgehead atoms. The summed E-state index contributed by atoms with van der Waals surface area (Å²) in [7, 11) is 0. The van der Waals surface area contributed by atoms with Gasteiger partial charge in [0, 0.05) is 18.3 Å². The minimum absolute atomic E-state index is 0.00446. The third-order valence-electron chi connectivity index (χ3n) is 10.4. The molecule has 0 unspecified atom stereocenters. The van der Waals surface area contributed by atoms with Crippen molar-refractivity contribution < 1.29 is 38.7 Å². The number of ether oxygens (including phenoxy) is 4. The van der Waals surface area contributed by atoms with Crippen molar-refractivity contribution in [3.8, 4) is 5.75 Å². The van der Waals surface area contributed by atoms with E-state index in [2.05, 4.69) is 13.5 Å². The van der Waals surface area contributed by atoms with Crippen LogP contribution in [-0.2, 0) is 41.4 Å². The molecule has 2 N–H and O–H groups in total. The number of aliphatic hydroxyl groups is 1. The summed E-state index contributed by atoms with van der Waals surface area (Å²) in [5.74, 6) is -3.37. The first kappa shape index (κ1) is 29.2. The van der Waals surface area contributed by atoms with E-state index >= 15 is 0 Å². The van der Waals surface area contributed by atoms with E-state index < -0.39 is 46.7 Å². The van der Waals surface area contributed by atoms with Crippen molar-refractivity contribution in [1.29, 1.82) is 0 Å². The summed E-state index contributed by atoms with van der Waals surface area (Å²) in [6.45, 7) is 10.0. The second-order valence-electron chi connectivity index (χ2n) is 13.3. The zero-order chi connectivity index (χ0) is 31.1. The van der Waals surface area contributed by atoms with Crippen LogP contribution in [0.2, 0.25) is 0 Å². The summed E-state index contributed by atoms with van der Waals surface area (Å²) in [5.41, 5.74) is -0.0509. The van der Waals surface area contributed by atoms with Crippen molar-refractivity contribution in [2.75, 3.05) is 6.61 Å². The average Bonchev–Trinajstić information content (AvgIpc) is 3.29. The van der Waals surface area contributed by atoms with E-state index in [4.69, 9.17) is 18.9 Å². The highest BCUT2D eigenvalue weighted by molar-refractivity contribution is 6.04. The summed E-state index contributed by atoms with van der Waals surface area (Å²) in [5, 5.41) is 21.9. The van der Waals surface area contributed by atoms with Gasteiger partial charge in [-0.15, -0.1) is 0 Å². The van der Waals surface area contributed by atoms with Crippen LogP contribution in [0.15, 0.2) is 90.0 Å². The standard InChI is InChI=1S/C36H38O8/c1-21(2)34-17-23(4)36-28(32(34)42-35(43-34,44-36)19-25-8-6-5-7-9-25)15-26(18-33(40)29(36)14-22(3)31(33)39)20-41-30(38)16-24-10-12-27(37)13-11-24/h5-15,23,28-29,32,37,40H,1,16-20H2,2-4H3/t23-,28+,29+,32-,33-,34-,35-,36-/m1/s1. The van der Waals surface area contributed by atoms with Crippen LogP contribution in [0.1, 0.15) is 44.7 Å². The van der Waals surface area contributed by atoms with Gasteiger partial charge in [0.15, 0.2) is 5.78 Å². The molecule has 7 rings (SSSR count). The zero-order valence-corrected chi connectivity index (χ0v) is 25.2. The van der Waals surface area contributed by atoms with Gasteiger partial charge in [-0.2, -0.15) is 0 Å². The SMILES string of the molecule is C=C(C)[C@]12C[C@@H](C)[C@@]34O[C@](Cc5ccccc5)(O[C@@H]1[C@@H]3C=C(COC(=O)Cc1ccc(O)cc1)C[C@]1(O)C(=O)C(C)=C[C@H]41)O2. The molecule has 3 fully saturated rings. The molecule has 230 valence electrons. The van der Waals surface area contributed by atoms with Crippen molar-refractivity contribution in [3.05, 3.63) is 101 Å². The Hall–Kier alpha value is -3.56. The second kappa shape index (κ2) is 9.97.